The number of rotatable bonds is 3. The van der Waals surface area contributed by atoms with Crippen molar-refractivity contribution in [1.82, 2.24) is 14.5 Å². The molecule has 0 N–H and O–H groups in total. The maximum Gasteiger partial charge on any atom is 0.267 e. The third-order valence-corrected chi connectivity index (χ3v) is 4.14. The molecule has 0 spiro atoms. The molecule has 2 rings (SSSR count). The van der Waals surface area contributed by atoms with Gasteiger partial charge in [0, 0.05) is 13.1 Å². The van der Waals surface area contributed by atoms with E-state index in [-0.39, 0.29) is 11.7 Å². The summed E-state index contributed by atoms with van der Waals surface area (Å²) in [6.07, 6.45) is 1.66. The minimum atomic E-state index is -0.0419. The Morgan fingerprint density at radius 3 is 3.11 bits per heavy atom. The number of hydrogen-bond acceptors (Lipinski definition) is 4. The van der Waals surface area contributed by atoms with Crippen LogP contribution in [0.15, 0.2) is 15.6 Å². The minimum absolute atomic E-state index is 0.0419. The monoisotopic (exact) mass is 315 g/mol. The summed E-state index contributed by atoms with van der Waals surface area (Å²) in [5.41, 5.74) is 0.677. The minimum Gasteiger partial charge on any atom is -0.374 e. The molecule has 1 aliphatic rings. The van der Waals surface area contributed by atoms with Gasteiger partial charge in [-0.1, -0.05) is 6.92 Å². The van der Waals surface area contributed by atoms with Crippen molar-refractivity contribution in [2.45, 2.75) is 26.5 Å². The second-order valence-corrected chi connectivity index (χ2v) is 5.28. The molecule has 1 fully saturated rings. The van der Waals surface area contributed by atoms with Crippen LogP contribution in [0.25, 0.3) is 0 Å². The molecule has 0 aromatic carbocycles. The van der Waals surface area contributed by atoms with E-state index in [0.717, 1.165) is 31.9 Å². The van der Waals surface area contributed by atoms with E-state index in [2.05, 4.69) is 32.7 Å². The first-order valence-corrected chi connectivity index (χ1v) is 6.96. The van der Waals surface area contributed by atoms with Gasteiger partial charge in [0.1, 0.15) is 4.47 Å². The van der Waals surface area contributed by atoms with Crippen LogP contribution in [0.2, 0.25) is 0 Å². The Morgan fingerprint density at radius 1 is 1.61 bits per heavy atom. The van der Waals surface area contributed by atoms with Crippen LogP contribution in [0.1, 0.15) is 12.6 Å². The average Bonchev–Trinajstić information content (AvgIpc) is 2.40. The zero-order chi connectivity index (χ0) is 13.1. The van der Waals surface area contributed by atoms with E-state index in [1.54, 1.807) is 10.9 Å². The Hall–Kier alpha value is -0.720. The summed E-state index contributed by atoms with van der Waals surface area (Å²) >= 11 is 3.27. The molecule has 0 aliphatic carbocycles. The molecule has 1 aliphatic heterocycles. The highest BCUT2D eigenvalue weighted by Gasteiger charge is 2.20. The zero-order valence-corrected chi connectivity index (χ0v) is 12.3. The molecule has 100 valence electrons. The smallest absolute Gasteiger partial charge is 0.267 e. The summed E-state index contributed by atoms with van der Waals surface area (Å²) in [5.74, 6) is 0. The fourth-order valence-corrected chi connectivity index (χ4v) is 2.40. The Morgan fingerprint density at radius 2 is 2.39 bits per heavy atom. The van der Waals surface area contributed by atoms with Crippen molar-refractivity contribution in [1.29, 1.82) is 0 Å². The molecule has 1 atom stereocenters. The first-order valence-electron chi connectivity index (χ1n) is 6.17. The summed E-state index contributed by atoms with van der Waals surface area (Å²) in [6, 6.07) is 0. The summed E-state index contributed by atoms with van der Waals surface area (Å²) in [4.78, 5) is 18.5. The van der Waals surface area contributed by atoms with Crippen LogP contribution in [0.4, 0.5) is 0 Å². The molecule has 0 amide bonds. The van der Waals surface area contributed by atoms with Crippen LogP contribution in [-0.4, -0.2) is 46.8 Å². The van der Waals surface area contributed by atoms with E-state index >= 15 is 0 Å². The molecule has 1 aromatic heterocycles. The van der Waals surface area contributed by atoms with Crippen LogP contribution in [0, 0.1) is 6.92 Å². The number of ether oxygens (including phenoxy) is 1. The average molecular weight is 316 g/mol. The molecule has 18 heavy (non-hydrogen) atoms. The van der Waals surface area contributed by atoms with Crippen molar-refractivity contribution in [3.63, 3.8) is 0 Å². The molecule has 0 radical (unpaired) electrons. The number of nitrogens with zero attached hydrogens (tertiary/aromatic N) is 3. The molecular weight excluding hydrogens is 298 g/mol. The number of aromatic nitrogens is 2. The van der Waals surface area contributed by atoms with Gasteiger partial charge in [0.25, 0.3) is 5.56 Å². The summed E-state index contributed by atoms with van der Waals surface area (Å²) < 4.78 is 7.84. The molecule has 0 saturated carbocycles. The van der Waals surface area contributed by atoms with Gasteiger partial charge >= 0.3 is 0 Å². The highest BCUT2D eigenvalue weighted by atomic mass is 79.9. The Bertz CT molecular complexity index is 475. The molecule has 1 unspecified atom stereocenters. The molecule has 5 nitrogen and oxygen atoms in total. The molecule has 6 heteroatoms. The number of morpholine rings is 1. The van der Waals surface area contributed by atoms with Crippen LogP contribution < -0.4 is 5.56 Å². The maximum absolute atomic E-state index is 12.0. The normalized spacial score (nSPS) is 21.2. The molecule has 0 bridgehead atoms. The Kier molecular flexibility index (Phi) is 4.53. The molecule has 1 saturated heterocycles. The van der Waals surface area contributed by atoms with E-state index in [0.29, 0.717) is 11.0 Å². The van der Waals surface area contributed by atoms with Crippen LogP contribution in [-0.2, 0) is 11.3 Å². The van der Waals surface area contributed by atoms with E-state index in [1.165, 1.54) is 0 Å². The highest BCUT2D eigenvalue weighted by Crippen LogP contribution is 2.09. The van der Waals surface area contributed by atoms with Crippen LogP contribution >= 0.6 is 15.9 Å². The number of hydrogen-bond donors (Lipinski definition) is 0. The van der Waals surface area contributed by atoms with Gasteiger partial charge in [0.15, 0.2) is 0 Å². The van der Waals surface area contributed by atoms with Gasteiger partial charge < -0.3 is 4.74 Å². The number of halogens is 1. The van der Waals surface area contributed by atoms with Crippen molar-refractivity contribution in [3.05, 3.63) is 26.8 Å². The third-order valence-electron chi connectivity index (χ3n) is 3.23. The van der Waals surface area contributed by atoms with Gasteiger partial charge in [-0.25, -0.2) is 4.98 Å². The van der Waals surface area contributed by atoms with E-state index in [9.17, 15) is 4.79 Å². The van der Waals surface area contributed by atoms with E-state index < -0.39 is 0 Å². The van der Waals surface area contributed by atoms with E-state index in [1.807, 2.05) is 6.92 Å². The predicted molar refractivity (Wildman–Crippen MR) is 72.8 cm³/mol. The standard InChI is InChI=1S/C12H18BrN3O2/c1-3-15-4-5-18-10(6-15)7-16-8-14-9(2)11(13)12(16)17/h8,10H,3-7H2,1-2H3. The first kappa shape index (κ1) is 13.7. The molecule has 1 aromatic rings. The van der Waals surface area contributed by atoms with Crippen molar-refractivity contribution < 1.29 is 4.74 Å². The predicted octanol–water partition coefficient (Wildman–Crippen LogP) is 1.03. The summed E-state index contributed by atoms with van der Waals surface area (Å²) in [7, 11) is 0. The fourth-order valence-electron chi connectivity index (χ4n) is 2.07. The first-order chi connectivity index (χ1) is 8.61. The lowest BCUT2D eigenvalue weighted by Gasteiger charge is -2.32. The largest absolute Gasteiger partial charge is 0.374 e. The molecular formula is C12H18BrN3O2. The quantitative estimate of drug-likeness (QED) is 0.836. The SMILES string of the molecule is CCN1CCOC(Cn2cnc(C)c(Br)c2=O)C1. The number of likely N-dealkylation sites (N-methyl/N-ethyl adjacent to an activating group) is 1. The Balaban J connectivity index is 2.10. The van der Waals surface area contributed by atoms with Gasteiger partial charge in [0.2, 0.25) is 0 Å². The van der Waals surface area contributed by atoms with Gasteiger partial charge in [-0.05, 0) is 29.4 Å². The van der Waals surface area contributed by atoms with Gasteiger partial charge in [0.05, 0.1) is 31.3 Å². The zero-order valence-electron chi connectivity index (χ0n) is 10.7. The topological polar surface area (TPSA) is 47.4 Å². The summed E-state index contributed by atoms with van der Waals surface area (Å²) in [6.45, 7) is 8.09. The van der Waals surface area contributed by atoms with Gasteiger partial charge in [-0.3, -0.25) is 14.3 Å². The second-order valence-electron chi connectivity index (χ2n) is 4.49. The van der Waals surface area contributed by atoms with Crippen molar-refractivity contribution in [2.24, 2.45) is 0 Å². The lowest BCUT2D eigenvalue weighted by Crippen LogP contribution is -2.45. The lowest BCUT2D eigenvalue weighted by atomic mass is 10.2. The third kappa shape index (κ3) is 2.99. The summed E-state index contributed by atoms with van der Waals surface area (Å²) in [5, 5.41) is 0. The maximum atomic E-state index is 12.0. The van der Waals surface area contributed by atoms with Crippen LogP contribution in [0.5, 0.6) is 0 Å². The van der Waals surface area contributed by atoms with Crippen LogP contribution in [0.3, 0.4) is 0 Å². The van der Waals surface area contributed by atoms with Gasteiger partial charge in [-0.15, -0.1) is 0 Å². The molecule has 2 heterocycles. The van der Waals surface area contributed by atoms with Crippen molar-refractivity contribution in [2.75, 3.05) is 26.2 Å². The van der Waals surface area contributed by atoms with Crippen molar-refractivity contribution >= 4 is 15.9 Å². The Labute approximate surface area is 115 Å². The van der Waals surface area contributed by atoms with E-state index in [4.69, 9.17) is 4.74 Å². The highest BCUT2D eigenvalue weighted by molar-refractivity contribution is 9.10. The fraction of sp³-hybridized carbons (Fsp3) is 0.667. The van der Waals surface area contributed by atoms with Gasteiger partial charge in [-0.2, -0.15) is 0 Å². The second kappa shape index (κ2) is 5.95. The lowest BCUT2D eigenvalue weighted by molar-refractivity contribution is -0.0348. The number of aryl methyl sites for hydroxylation is 1. The van der Waals surface area contributed by atoms with Crippen molar-refractivity contribution in [3.8, 4) is 0 Å².